The zero-order chi connectivity index (χ0) is 21.6. The first-order chi connectivity index (χ1) is 15.1. The van der Waals surface area contributed by atoms with E-state index in [1.54, 1.807) is 36.5 Å². The molecule has 0 atom stereocenters. The fourth-order valence-electron chi connectivity index (χ4n) is 3.26. The van der Waals surface area contributed by atoms with E-state index in [-0.39, 0.29) is 18.7 Å². The molecule has 2 heterocycles. The van der Waals surface area contributed by atoms with Crippen molar-refractivity contribution >= 4 is 11.6 Å². The topological polar surface area (TPSA) is 88.1 Å². The predicted octanol–water partition coefficient (Wildman–Crippen LogP) is 2.83. The lowest BCUT2D eigenvalue weighted by Gasteiger charge is -2.23. The van der Waals surface area contributed by atoms with Crippen LogP contribution in [0.4, 0.5) is 5.69 Å². The van der Waals surface area contributed by atoms with Crippen molar-refractivity contribution in [2.45, 2.75) is 13.1 Å². The van der Waals surface area contributed by atoms with Gasteiger partial charge in [-0.3, -0.25) is 19.1 Å². The number of carbonyl (C=O) groups is 1. The summed E-state index contributed by atoms with van der Waals surface area (Å²) in [4.78, 5) is 47.1. The SMILES string of the molecule is O=C(c1c[nH]c(=O)n(Cc2ccccn2)c1=O)N(Cc1ccccc1)c1ccccc1. The fraction of sp³-hybridized carbons (Fsp3) is 0.0833. The molecule has 0 radical (unpaired) electrons. The molecule has 0 bridgehead atoms. The first-order valence-electron chi connectivity index (χ1n) is 9.77. The van der Waals surface area contributed by atoms with Crippen molar-refractivity contribution in [3.8, 4) is 0 Å². The summed E-state index contributed by atoms with van der Waals surface area (Å²) in [5.41, 5.74) is 0.741. The molecule has 0 aliphatic carbocycles. The molecule has 2 aromatic carbocycles. The average Bonchev–Trinajstić information content (AvgIpc) is 2.82. The lowest BCUT2D eigenvalue weighted by Crippen LogP contribution is -2.42. The number of nitrogens with zero attached hydrogens (tertiary/aromatic N) is 3. The van der Waals surface area contributed by atoms with Crippen LogP contribution in [0.3, 0.4) is 0 Å². The summed E-state index contributed by atoms with van der Waals surface area (Å²) in [5.74, 6) is -0.494. The maximum Gasteiger partial charge on any atom is 0.328 e. The molecule has 7 nitrogen and oxygen atoms in total. The first kappa shape index (κ1) is 20.0. The molecule has 154 valence electrons. The van der Waals surface area contributed by atoms with E-state index in [1.807, 2.05) is 48.5 Å². The van der Waals surface area contributed by atoms with Crippen molar-refractivity contribution in [2.75, 3.05) is 4.90 Å². The van der Waals surface area contributed by atoms with Gasteiger partial charge in [0.25, 0.3) is 11.5 Å². The highest BCUT2D eigenvalue weighted by Gasteiger charge is 2.23. The van der Waals surface area contributed by atoms with Gasteiger partial charge in [-0.25, -0.2) is 4.79 Å². The normalized spacial score (nSPS) is 10.6. The Labute approximate surface area is 178 Å². The third-order valence-electron chi connectivity index (χ3n) is 4.83. The van der Waals surface area contributed by atoms with Gasteiger partial charge in [-0.2, -0.15) is 0 Å². The van der Waals surface area contributed by atoms with Crippen molar-refractivity contribution in [3.05, 3.63) is 129 Å². The Morgan fingerprint density at radius 3 is 2.26 bits per heavy atom. The molecule has 4 aromatic rings. The molecule has 0 unspecified atom stereocenters. The third kappa shape index (κ3) is 4.51. The van der Waals surface area contributed by atoms with Crippen LogP contribution in [-0.2, 0) is 13.1 Å². The van der Waals surface area contributed by atoms with Crippen molar-refractivity contribution in [1.29, 1.82) is 0 Å². The van der Waals surface area contributed by atoms with Crippen molar-refractivity contribution in [3.63, 3.8) is 0 Å². The minimum Gasteiger partial charge on any atom is -0.313 e. The zero-order valence-electron chi connectivity index (χ0n) is 16.6. The Hall–Kier alpha value is -4.26. The van der Waals surface area contributed by atoms with E-state index < -0.39 is 17.2 Å². The van der Waals surface area contributed by atoms with Crippen LogP contribution in [0.5, 0.6) is 0 Å². The molecule has 31 heavy (non-hydrogen) atoms. The molecule has 0 aliphatic rings. The standard InChI is InChI=1S/C24H20N4O3/c29-22(27(20-12-5-2-6-13-20)16-18-9-3-1-4-10-18)21-15-26-24(31)28(23(21)30)17-19-11-7-8-14-25-19/h1-15H,16-17H2,(H,26,31). The van der Waals surface area contributed by atoms with E-state index in [2.05, 4.69) is 9.97 Å². The molecular weight excluding hydrogens is 392 g/mol. The van der Waals surface area contributed by atoms with E-state index in [9.17, 15) is 14.4 Å². The van der Waals surface area contributed by atoms with Crippen molar-refractivity contribution in [1.82, 2.24) is 14.5 Å². The number of hydrogen-bond donors (Lipinski definition) is 1. The molecular formula is C24H20N4O3. The number of aromatic nitrogens is 3. The Kier molecular flexibility index (Phi) is 5.84. The molecule has 1 amide bonds. The summed E-state index contributed by atoms with van der Waals surface area (Å²) < 4.78 is 0.987. The highest BCUT2D eigenvalue weighted by molar-refractivity contribution is 6.05. The van der Waals surface area contributed by atoms with Gasteiger partial charge in [-0.1, -0.05) is 54.6 Å². The number of H-pyrrole nitrogens is 1. The summed E-state index contributed by atoms with van der Waals surface area (Å²) in [5, 5.41) is 0. The lowest BCUT2D eigenvalue weighted by atomic mass is 10.1. The van der Waals surface area contributed by atoms with Gasteiger partial charge in [0.1, 0.15) is 5.56 Å². The van der Waals surface area contributed by atoms with E-state index >= 15 is 0 Å². The summed E-state index contributed by atoms with van der Waals surface area (Å²) in [6.45, 7) is 0.253. The summed E-state index contributed by atoms with van der Waals surface area (Å²) in [6, 6.07) is 23.9. The van der Waals surface area contributed by atoms with E-state index in [1.165, 1.54) is 11.1 Å². The monoisotopic (exact) mass is 412 g/mol. The Morgan fingerprint density at radius 2 is 1.58 bits per heavy atom. The number of rotatable bonds is 6. The number of amides is 1. The number of carbonyl (C=O) groups excluding carboxylic acids is 1. The minimum absolute atomic E-state index is 0.0276. The second kappa shape index (κ2) is 9.04. The number of pyridine rings is 1. The molecule has 0 saturated carbocycles. The summed E-state index contributed by atoms with van der Waals surface area (Å²) in [7, 11) is 0. The van der Waals surface area contributed by atoms with Gasteiger partial charge >= 0.3 is 5.69 Å². The summed E-state index contributed by atoms with van der Waals surface area (Å²) >= 11 is 0. The summed E-state index contributed by atoms with van der Waals surface area (Å²) in [6.07, 6.45) is 2.77. The second-order valence-electron chi connectivity index (χ2n) is 6.93. The van der Waals surface area contributed by atoms with Crippen molar-refractivity contribution < 1.29 is 4.79 Å². The van der Waals surface area contributed by atoms with Gasteiger partial charge in [0, 0.05) is 18.1 Å². The molecule has 7 heteroatoms. The maximum absolute atomic E-state index is 13.5. The lowest BCUT2D eigenvalue weighted by molar-refractivity contribution is 0.0982. The predicted molar refractivity (Wildman–Crippen MR) is 118 cm³/mol. The Morgan fingerprint density at radius 1 is 0.903 bits per heavy atom. The zero-order valence-corrected chi connectivity index (χ0v) is 16.6. The number of nitrogens with one attached hydrogen (secondary N) is 1. The van der Waals surface area contributed by atoms with E-state index in [0.717, 1.165) is 10.1 Å². The third-order valence-corrected chi connectivity index (χ3v) is 4.83. The number of aromatic amines is 1. The number of benzene rings is 2. The van der Waals surface area contributed by atoms with Gasteiger partial charge < -0.3 is 9.88 Å². The molecule has 0 fully saturated rings. The minimum atomic E-state index is -0.659. The fourth-order valence-corrected chi connectivity index (χ4v) is 3.26. The second-order valence-corrected chi connectivity index (χ2v) is 6.93. The molecule has 1 N–H and O–H groups in total. The van der Waals surface area contributed by atoms with Gasteiger partial charge in [0.15, 0.2) is 0 Å². The van der Waals surface area contributed by atoms with Crippen LogP contribution in [0.25, 0.3) is 0 Å². The number of para-hydroxylation sites is 1. The van der Waals surface area contributed by atoms with Crippen LogP contribution in [0.2, 0.25) is 0 Å². The number of anilines is 1. The van der Waals surface area contributed by atoms with Crippen molar-refractivity contribution in [2.24, 2.45) is 0 Å². The average molecular weight is 412 g/mol. The van der Waals surface area contributed by atoms with E-state index in [0.29, 0.717) is 11.4 Å². The highest BCUT2D eigenvalue weighted by Crippen LogP contribution is 2.19. The highest BCUT2D eigenvalue weighted by atomic mass is 16.2. The Balaban J connectivity index is 1.74. The molecule has 2 aromatic heterocycles. The van der Waals surface area contributed by atoms with Gasteiger partial charge in [0.2, 0.25) is 0 Å². The molecule has 4 rings (SSSR count). The van der Waals surface area contributed by atoms with Gasteiger partial charge in [0.05, 0.1) is 18.8 Å². The smallest absolute Gasteiger partial charge is 0.313 e. The van der Waals surface area contributed by atoms with Crippen LogP contribution in [-0.4, -0.2) is 20.4 Å². The Bertz CT molecular complexity index is 1280. The first-order valence-corrected chi connectivity index (χ1v) is 9.77. The molecule has 0 aliphatic heterocycles. The van der Waals surface area contributed by atoms with Crippen LogP contribution in [0.15, 0.2) is 101 Å². The van der Waals surface area contributed by atoms with Gasteiger partial charge in [-0.05, 0) is 29.8 Å². The largest absolute Gasteiger partial charge is 0.328 e. The van der Waals surface area contributed by atoms with Crippen LogP contribution in [0.1, 0.15) is 21.6 Å². The van der Waals surface area contributed by atoms with Gasteiger partial charge in [-0.15, -0.1) is 0 Å². The number of hydrogen-bond acceptors (Lipinski definition) is 4. The molecule has 0 saturated heterocycles. The molecule has 0 spiro atoms. The quantitative estimate of drug-likeness (QED) is 0.528. The van der Waals surface area contributed by atoms with Crippen LogP contribution < -0.4 is 16.1 Å². The van der Waals surface area contributed by atoms with E-state index in [4.69, 9.17) is 0 Å². The maximum atomic E-state index is 13.5. The van der Waals surface area contributed by atoms with Crippen LogP contribution in [0, 0.1) is 0 Å². The van der Waals surface area contributed by atoms with Crippen LogP contribution >= 0.6 is 0 Å².